The van der Waals surface area contributed by atoms with Crippen LogP contribution in [0.15, 0.2) is 91.0 Å². The predicted molar refractivity (Wildman–Crippen MR) is 128 cm³/mol. The number of nitrogens with zero attached hydrogens (tertiary/aromatic N) is 2. The minimum Gasteiger partial charge on any atom is -0.489 e. The van der Waals surface area contributed by atoms with E-state index in [-0.39, 0.29) is 0 Å². The fraction of sp³-hybridized carbons (Fsp3) is 0.0769. The molecule has 3 aromatic carbocycles. The maximum absolute atomic E-state index is 5.89. The van der Waals surface area contributed by atoms with Crippen molar-refractivity contribution in [2.45, 2.75) is 13.5 Å². The van der Waals surface area contributed by atoms with Crippen molar-refractivity contribution in [3.8, 4) is 16.2 Å². The summed E-state index contributed by atoms with van der Waals surface area (Å²) in [6.45, 7) is 2.48. The Morgan fingerprint density at radius 2 is 1.55 bits per heavy atom. The molecule has 0 bridgehead atoms. The van der Waals surface area contributed by atoms with Crippen molar-refractivity contribution < 1.29 is 4.74 Å². The molecule has 0 unspecified atom stereocenters. The molecule has 2 aromatic heterocycles. The van der Waals surface area contributed by atoms with Crippen LogP contribution in [0.2, 0.25) is 0 Å². The van der Waals surface area contributed by atoms with Gasteiger partial charge >= 0.3 is 0 Å². The summed E-state index contributed by atoms with van der Waals surface area (Å²) in [6.07, 6.45) is 0. The first-order valence-electron chi connectivity index (χ1n) is 10.1. The van der Waals surface area contributed by atoms with Crippen LogP contribution in [0.25, 0.3) is 20.7 Å². The number of rotatable bonds is 6. The molecule has 31 heavy (non-hydrogen) atoms. The molecule has 0 aliphatic carbocycles. The van der Waals surface area contributed by atoms with Gasteiger partial charge in [0.15, 0.2) is 0 Å². The minimum atomic E-state index is 0.552. The molecule has 152 valence electrons. The van der Waals surface area contributed by atoms with Crippen LogP contribution in [-0.4, -0.2) is 9.97 Å². The summed E-state index contributed by atoms with van der Waals surface area (Å²) in [5, 5.41) is 4.48. The van der Waals surface area contributed by atoms with Gasteiger partial charge in [-0.2, -0.15) is 0 Å². The van der Waals surface area contributed by atoms with E-state index >= 15 is 0 Å². The van der Waals surface area contributed by atoms with Crippen molar-refractivity contribution in [3.05, 3.63) is 102 Å². The maximum atomic E-state index is 5.89. The van der Waals surface area contributed by atoms with Gasteiger partial charge in [-0.3, -0.25) is 0 Å². The quantitative estimate of drug-likeness (QED) is 0.320. The second kappa shape index (κ2) is 8.58. The van der Waals surface area contributed by atoms with E-state index in [1.54, 1.807) is 11.3 Å². The standard InChI is InChI=1S/C26H21N3OS/c1-18-27-25(23-16-24(31-26(23)28-18)20-10-6-3-7-11-20)29-21-12-14-22(15-13-21)30-17-19-8-4-2-5-9-19/h2-16H,17H2,1H3,(H,27,28,29). The van der Waals surface area contributed by atoms with E-state index in [0.717, 1.165) is 38.9 Å². The molecule has 0 amide bonds. The molecule has 0 fully saturated rings. The molecule has 1 N–H and O–H groups in total. The van der Waals surface area contributed by atoms with Crippen LogP contribution in [-0.2, 0) is 6.61 Å². The molecule has 5 rings (SSSR count). The monoisotopic (exact) mass is 423 g/mol. The molecule has 0 saturated carbocycles. The highest BCUT2D eigenvalue weighted by atomic mass is 32.1. The zero-order valence-corrected chi connectivity index (χ0v) is 17.9. The van der Waals surface area contributed by atoms with Crippen molar-refractivity contribution in [2.75, 3.05) is 5.32 Å². The summed E-state index contributed by atoms with van der Waals surface area (Å²) in [5.74, 6) is 2.40. The number of aromatic nitrogens is 2. The lowest BCUT2D eigenvalue weighted by Crippen LogP contribution is -1.98. The maximum Gasteiger partial charge on any atom is 0.142 e. The number of benzene rings is 3. The zero-order chi connectivity index (χ0) is 21.0. The normalized spacial score (nSPS) is 10.9. The van der Waals surface area contributed by atoms with E-state index in [0.29, 0.717) is 6.61 Å². The van der Waals surface area contributed by atoms with E-state index in [4.69, 9.17) is 4.74 Å². The first kappa shape index (κ1) is 19.3. The zero-order valence-electron chi connectivity index (χ0n) is 17.1. The van der Waals surface area contributed by atoms with Crippen molar-refractivity contribution in [2.24, 2.45) is 0 Å². The Hall–Kier alpha value is -3.70. The Kier molecular flexibility index (Phi) is 5.33. The fourth-order valence-corrected chi connectivity index (χ4v) is 4.46. The lowest BCUT2D eigenvalue weighted by molar-refractivity contribution is 0.306. The lowest BCUT2D eigenvalue weighted by atomic mass is 10.2. The van der Waals surface area contributed by atoms with Crippen LogP contribution in [0.3, 0.4) is 0 Å². The van der Waals surface area contributed by atoms with Gasteiger partial charge in [0.1, 0.15) is 28.8 Å². The van der Waals surface area contributed by atoms with Gasteiger partial charge in [0.2, 0.25) is 0 Å². The predicted octanol–water partition coefficient (Wildman–Crippen LogP) is 6.99. The van der Waals surface area contributed by atoms with E-state index in [9.17, 15) is 0 Å². The topological polar surface area (TPSA) is 47.0 Å². The Morgan fingerprint density at radius 3 is 2.29 bits per heavy atom. The average molecular weight is 424 g/mol. The van der Waals surface area contributed by atoms with Crippen LogP contribution in [0, 0.1) is 6.92 Å². The Bertz CT molecular complexity index is 1300. The Labute approximate surface area is 185 Å². The SMILES string of the molecule is Cc1nc(Nc2ccc(OCc3ccccc3)cc2)c2cc(-c3ccccc3)sc2n1. The number of ether oxygens (including phenoxy) is 1. The van der Waals surface area contributed by atoms with Crippen LogP contribution >= 0.6 is 11.3 Å². The van der Waals surface area contributed by atoms with Crippen LogP contribution < -0.4 is 10.1 Å². The summed E-state index contributed by atoms with van der Waals surface area (Å²) < 4.78 is 5.89. The van der Waals surface area contributed by atoms with Crippen molar-refractivity contribution in [1.29, 1.82) is 0 Å². The second-order valence-corrected chi connectivity index (χ2v) is 8.27. The third-order valence-corrected chi connectivity index (χ3v) is 6.01. The molecule has 0 atom stereocenters. The summed E-state index contributed by atoms with van der Waals surface area (Å²) in [4.78, 5) is 11.5. The number of aryl methyl sites for hydroxylation is 1. The molecule has 5 aromatic rings. The van der Waals surface area contributed by atoms with Crippen molar-refractivity contribution >= 4 is 33.1 Å². The molecule has 0 spiro atoms. The molecule has 4 nitrogen and oxygen atoms in total. The van der Waals surface area contributed by atoms with Crippen LogP contribution in [0.4, 0.5) is 11.5 Å². The highest BCUT2D eigenvalue weighted by Crippen LogP contribution is 2.36. The van der Waals surface area contributed by atoms with Crippen LogP contribution in [0.5, 0.6) is 5.75 Å². The molecule has 0 radical (unpaired) electrons. The second-order valence-electron chi connectivity index (χ2n) is 7.24. The molecule has 2 heterocycles. The average Bonchev–Trinajstić information content (AvgIpc) is 3.24. The van der Waals surface area contributed by atoms with Gasteiger partial charge in [-0.25, -0.2) is 9.97 Å². The minimum absolute atomic E-state index is 0.552. The van der Waals surface area contributed by atoms with Gasteiger partial charge in [0.05, 0.1) is 5.39 Å². The molecule has 0 aliphatic heterocycles. The third kappa shape index (κ3) is 4.42. The largest absolute Gasteiger partial charge is 0.489 e. The highest BCUT2D eigenvalue weighted by molar-refractivity contribution is 7.21. The third-order valence-electron chi connectivity index (χ3n) is 4.93. The first-order chi connectivity index (χ1) is 15.2. The van der Waals surface area contributed by atoms with E-state index < -0.39 is 0 Å². The highest BCUT2D eigenvalue weighted by Gasteiger charge is 2.12. The molecule has 5 heteroatoms. The summed E-state index contributed by atoms with van der Waals surface area (Å²) in [7, 11) is 0. The van der Waals surface area contributed by atoms with E-state index in [2.05, 4.69) is 57.7 Å². The van der Waals surface area contributed by atoms with Crippen LogP contribution in [0.1, 0.15) is 11.4 Å². The number of anilines is 2. The Morgan fingerprint density at radius 1 is 0.839 bits per heavy atom. The summed E-state index contributed by atoms with van der Waals surface area (Å²) in [5.41, 5.74) is 3.29. The van der Waals surface area contributed by atoms with Gasteiger partial charge < -0.3 is 10.1 Å². The molecule has 0 aliphatic rings. The first-order valence-corrected chi connectivity index (χ1v) is 10.9. The Balaban J connectivity index is 1.36. The summed E-state index contributed by atoms with van der Waals surface area (Å²) >= 11 is 1.69. The smallest absolute Gasteiger partial charge is 0.142 e. The van der Waals surface area contributed by atoms with Gasteiger partial charge in [-0.1, -0.05) is 60.7 Å². The van der Waals surface area contributed by atoms with Crippen molar-refractivity contribution in [1.82, 2.24) is 9.97 Å². The number of hydrogen-bond acceptors (Lipinski definition) is 5. The molecular formula is C26H21N3OS. The van der Waals surface area contributed by atoms with E-state index in [1.807, 2.05) is 55.5 Å². The number of hydrogen-bond donors (Lipinski definition) is 1. The fourth-order valence-electron chi connectivity index (χ4n) is 3.38. The van der Waals surface area contributed by atoms with E-state index in [1.165, 1.54) is 10.4 Å². The van der Waals surface area contributed by atoms with Gasteiger partial charge in [-0.15, -0.1) is 11.3 Å². The molecular weight excluding hydrogens is 402 g/mol. The van der Waals surface area contributed by atoms with Gasteiger partial charge in [-0.05, 0) is 48.4 Å². The molecule has 0 saturated heterocycles. The number of thiophene rings is 1. The lowest BCUT2D eigenvalue weighted by Gasteiger charge is -2.10. The number of nitrogens with one attached hydrogen (secondary N) is 1. The number of fused-ring (bicyclic) bond motifs is 1. The summed E-state index contributed by atoms with van der Waals surface area (Å²) in [6, 6.07) is 30.6. The van der Waals surface area contributed by atoms with Gasteiger partial charge in [0.25, 0.3) is 0 Å². The van der Waals surface area contributed by atoms with Crippen molar-refractivity contribution in [3.63, 3.8) is 0 Å². The van der Waals surface area contributed by atoms with Gasteiger partial charge in [0, 0.05) is 10.6 Å².